The molecule has 0 bridgehead atoms. The molecule has 1 aliphatic rings. The van der Waals surface area contributed by atoms with Crippen molar-refractivity contribution in [3.8, 4) is 17.2 Å². The molecule has 3 rings (SSSR count). The number of aliphatic imine (C=N–C) groups is 1. The predicted molar refractivity (Wildman–Crippen MR) is 101 cm³/mol. The summed E-state index contributed by atoms with van der Waals surface area (Å²) in [6.45, 7) is 0. The third-order valence-corrected chi connectivity index (χ3v) is 4.23. The number of halogens is 1. The Labute approximate surface area is 159 Å². The van der Waals surface area contributed by atoms with Crippen molar-refractivity contribution in [2.75, 3.05) is 21.3 Å². The van der Waals surface area contributed by atoms with Crippen LogP contribution in [0.1, 0.15) is 11.1 Å². The molecule has 0 aliphatic carbocycles. The molecule has 0 N–H and O–H groups in total. The number of carbonyl (C=O) groups is 1. The van der Waals surface area contributed by atoms with Crippen molar-refractivity contribution < 1.29 is 23.7 Å². The number of rotatable bonds is 5. The monoisotopic (exact) mass is 417 g/mol. The summed E-state index contributed by atoms with van der Waals surface area (Å²) < 4.78 is 22.1. The lowest BCUT2D eigenvalue weighted by Gasteiger charge is -2.09. The van der Waals surface area contributed by atoms with Gasteiger partial charge in [-0.1, -0.05) is 28.1 Å². The summed E-state index contributed by atoms with van der Waals surface area (Å²) in [7, 11) is 4.63. The molecule has 0 spiro atoms. The largest absolute Gasteiger partial charge is 0.496 e. The molecule has 1 aliphatic heterocycles. The van der Waals surface area contributed by atoms with Crippen LogP contribution in [0.3, 0.4) is 0 Å². The first kappa shape index (κ1) is 18.0. The molecular weight excluding hydrogens is 402 g/mol. The molecule has 0 fully saturated rings. The Balaban J connectivity index is 2.04. The van der Waals surface area contributed by atoms with Crippen LogP contribution < -0.4 is 14.2 Å². The number of cyclic esters (lactones) is 1. The second-order valence-corrected chi connectivity index (χ2v) is 6.18. The summed E-state index contributed by atoms with van der Waals surface area (Å²) in [4.78, 5) is 16.6. The van der Waals surface area contributed by atoms with Crippen molar-refractivity contribution in [2.45, 2.75) is 0 Å². The normalized spacial score (nSPS) is 14.8. The number of ether oxygens (including phenoxy) is 4. The zero-order chi connectivity index (χ0) is 18.7. The molecule has 0 radical (unpaired) electrons. The molecule has 0 unspecified atom stereocenters. The summed E-state index contributed by atoms with van der Waals surface area (Å²) in [6, 6.07) is 10.7. The van der Waals surface area contributed by atoms with Crippen molar-refractivity contribution in [1.29, 1.82) is 0 Å². The van der Waals surface area contributed by atoms with Gasteiger partial charge in [0.05, 0.1) is 26.9 Å². The van der Waals surface area contributed by atoms with Gasteiger partial charge in [0.2, 0.25) is 5.90 Å². The minimum Gasteiger partial charge on any atom is -0.496 e. The molecule has 26 heavy (non-hydrogen) atoms. The lowest BCUT2D eigenvalue weighted by molar-refractivity contribution is -0.129. The number of methoxy groups -OCH3 is 3. The molecule has 1 heterocycles. The van der Waals surface area contributed by atoms with Gasteiger partial charge in [-0.2, -0.15) is 0 Å². The standard InChI is InChI=1S/C19H16BrNO5/c1-23-15-8-7-12(20)10-13(15)18-21-14(19(22)26-18)9-11-5-4-6-16(24-2)17(11)25-3/h4-10H,1-3H3. The van der Waals surface area contributed by atoms with Gasteiger partial charge in [-0.05, 0) is 30.3 Å². The fourth-order valence-electron chi connectivity index (χ4n) is 2.54. The second kappa shape index (κ2) is 7.61. The second-order valence-electron chi connectivity index (χ2n) is 5.26. The zero-order valence-electron chi connectivity index (χ0n) is 14.4. The first-order valence-electron chi connectivity index (χ1n) is 7.65. The fraction of sp³-hybridized carbons (Fsp3) is 0.158. The summed E-state index contributed by atoms with van der Waals surface area (Å²) in [5, 5.41) is 0. The highest BCUT2D eigenvalue weighted by molar-refractivity contribution is 9.10. The average Bonchev–Trinajstić information content (AvgIpc) is 3.01. The quantitative estimate of drug-likeness (QED) is 0.546. The first-order valence-corrected chi connectivity index (χ1v) is 8.44. The molecule has 134 valence electrons. The van der Waals surface area contributed by atoms with Crippen molar-refractivity contribution in [1.82, 2.24) is 0 Å². The van der Waals surface area contributed by atoms with E-state index in [0.717, 1.165) is 4.47 Å². The highest BCUT2D eigenvalue weighted by Gasteiger charge is 2.27. The number of para-hydroxylation sites is 1. The summed E-state index contributed by atoms with van der Waals surface area (Å²) >= 11 is 3.40. The van der Waals surface area contributed by atoms with Crippen molar-refractivity contribution in [3.63, 3.8) is 0 Å². The topological polar surface area (TPSA) is 66.3 Å². The average molecular weight is 418 g/mol. The zero-order valence-corrected chi connectivity index (χ0v) is 16.0. The van der Waals surface area contributed by atoms with Crippen LogP contribution in [0.25, 0.3) is 6.08 Å². The molecule has 0 saturated carbocycles. The van der Waals surface area contributed by atoms with E-state index in [1.165, 1.54) is 7.11 Å². The van der Waals surface area contributed by atoms with E-state index in [-0.39, 0.29) is 11.6 Å². The van der Waals surface area contributed by atoms with E-state index in [4.69, 9.17) is 18.9 Å². The molecule has 7 heteroatoms. The van der Waals surface area contributed by atoms with E-state index in [9.17, 15) is 4.79 Å². The SMILES string of the molecule is COc1ccc(Br)cc1C1=NC(=Cc2cccc(OC)c2OC)C(=O)O1. The van der Waals surface area contributed by atoms with E-state index < -0.39 is 5.97 Å². The van der Waals surface area contributed by atoms with Gasteiger partial charge in [0, 0.05) is 10.0 Å². The first-order chi connectivity index (χ1) is 12.6. The van der Waals surface area contributed by atoms with Crippen LogP contribution in [0.4, 0.5) is 0 Å². The van der Waals surface area contributed by atoms with Crippen LogP contribution in [0.2, 0.25) is 0 Å². The number of benzene rings is 2. The Morgan fingerprint density at radius 3 is 2.50 bits per heavy atom. The van der Waals surface area contributed by atoms with Gasteiger partial charge < -0.3 is 18.9 Å². The Bertz CT molecular complexity index is 920. The molecule has 2 aromatic carbocycles. The smallest absolute Gasteiger partial charge is 0.363 e. The van der Waals surface area contributed by atoms with Crippen LogP contribution in [-0.2, 0) is 9.53 Å². The van der Waals surface area contributed by atoms with Crippen LogP contribution in [0, 0.1) is 0 Å². The highest BCUT2D eigenvalue weighted by Crippen LogP contribution is 2.33. The minimum absolute atomic E-state index is 0.161. The van der Waals surface area contributed by atoms with E-state index in [2.05, 4.69) is 20.9 Å². The third-order valence-electron chi connectivity index (χ3n) is 3.74. The Kier molecular flexibility index (Phi) is 5.27. The van der Waals surface area contributed by atoms with E-state index in [0.29, 0.717) is 28.4 Å². The number of carbonyl (C=O) groups excluding carboxylic acids is 1. The molecular formula is C19H16BrNO5. The summed E-state index contributed by atoms with van der Waals surface area (Å²) in [5.41, 5.74) is 1.40. The number of hydrogen-bond acceptors (Lipinski definition) is 6. The molecule has 6 nitrogen and oxygen atoms in total. The van der Waals surface area contributed by atoms with E-state index >= 15 is 0 Å². The predicted octanol–water partition coefficient (Wildman–Crippen LogP) is 3.82. The van der Waals surface area contributed by atoms with Crippen molar-refractivity contribution in [3.05, 3.63) is 57.7 Å². The van der Waals surface area contributed by atoms with Gasteiger partial charge in [0.1, 0.15) is 5.75 Å². The van der Waals surface area contributed by atoms with Crippen molar-refractivity contribution in [2.24, 2.45) is 4.99 Å². The fourth-order valence-corrected chi connectivity index (χ4v) is 2.91. The molecule has 0 saturated heterocycles. The van der Waals surface area contributed by atoms with Gasteiger partial charge in [-0.15, -0.1) is 0 Å². The molecule has 0 atom stereocenters. The maximum atomic E-state index is 12.3. The van der Waals surface area contributed by atoms with Crippen LogP contribution >= 0.6 is 15.9 Å². The Morgan fingerprint density at radius 2 is 1.81 bits per heavy atom. The highest BCUT2D eigenvalue weighted by atomic mass is 79.9. The van der Waals surface area contributed by atoms with Gasteiger partial charge in [0.15, 0.2) is 17.2 Å². The number of nitrogens with zero attached hydrogens (tertiary/aromatic N) is 1. The maximum Gasteiger partial charge on any atom is 0.363 e. The third kappa shape index (κ3) is 3.43. The Hall–Kier alpha value is -2.80. The minimum atomic E-state index is -0.549. The molecule has 2 aromatic rings. The lowest BCUT2D eigenvalue weighted by Crippen LogP contribution is -2.07. The number of esters is 1. The van der Waals surface area contributed by atoms with E-state index in [1.807, 2.05) is 6.07 Å². The maximum absolute atomic E-state index is 12.3. The molecule has 0 aromatic heterocycles. The van der Waals surface area contributed by atoms with Crippen LogP contribution in [0.15, 0.2) is 51.6 Å². The van der Waals surface area contributed by atoms with Crippen LogP contribution in [0.5, 0.6) is 17.2 Å². The van der Waals surface area contributed by atoms with Crippen LogP contribution in [-0.4, -0.2) is 33.2 Å². The number of hydrogen-bond donors (Lipinski definition) is 0. The summed E-state index contributed by atoms with van der Waals surface area (Å²) in [5.74, 6) is 1.26. The van der Waals surface area contributed by atoms with E-state index in [1.54, 1.807) is 50.6 Å². The van der Waals surface area contributed by atoms with Gasteiger partial charge in [-0.25, -0.2) is 9.79 Å². The van der Waals surface area contributed by atoms with Crippen molar-refractivity contribution >= 4 is 33.9 Å². The van der Waals surface area contributed by atoms with Gasteiger partial charge in [0.25, 0.3) is 0 Å². The molecule has 0 amide bonds. The van der Waals surface area contributed by atoms with Gasteiger partial charge in [-0.3, -0.25) is 0 Å². The lowest BCUT2D eigenvalue weighted by atomic mass is 10.1. The summed E-state index contributed by atoms with van der Waals surface area (Å²) in [6.07, 6.45) is 1.60. The van der Waals surface area contributed by atoms with Gasteiger partial charge >= 0.3 is 5.97 Å². The Morgan fingerprint density at radius 1 is 1.04 bits per heavy atom.